The van der Waals surface area contributed by atoms with E-state index in [1.807, 2.05) is 24.3 Å². The Kier molecular flexibility index (Phi) is 9.77. The lowest BCUT2D eigenvalue weighted by Crippen LogP contribution is -2.32. The van der Waals surface area contributed by atoms with Crippen molar-refractivity contribution in [3.05, 3.63) is 95.1 Å². The fourth-order valence-electron chi connectivity index (χ4n) is 4.25. The Morgan fingerprint density at radius 1 is 0.972 bits per heavy atom. The van der Waals surface area contributed by atoms with Gasteiger partial charge in [0.05, 0.1) is 13.2 Å². The molecule has 2 aliphatic heterocycles. The Bertz CT molecular complexity index is 1140. The van der Waals surface area contributed by atoms with Gasteiger partial charge < -0.3 is 15.4 Å². The van der Waals surface area contributed by atoms with Gasteiger partial charge in [0.15, 0.2) is 4.90 Å². The van der Waals surface area contributed by atoms with E-state index in [9.17, 15) is 9.00 Å². The molecule has 3 aromatic rings. The summed E-state index contributed by atoms with van der Waals surface area (Å²) in [4.78, 5) is 15.3. The minimum absolute atomic E-state index is 0.199. The van der Waals surface area contributed by atoms with E-state index >= 15 is 0 Å². The average Bonchev–Trinajstić information content (AvgIpc) is 2.93. The second kappa shape index (κ2) is 13.4. The Balaban J connectivity index is 0.000000445. The predicted molar refractivity (Wildman–Crippen MR) is 144 cm³/mol. The highest BCUT2D eigenvalue weighted by molar-refractivity contribution is 7.79. The number of ether oxygens (including phenoxy) is 1. The molecule has 0 radical (unpaired) electrons. The van der Waals surface area contributed by atoms with Crippen molar-refractivity contribution in [1.29, 1.82) is 0 Å². The molecule has 1 fully saturated rings. The van der Waals surface area contributed by atoms with Gasteiger partial charge in [-0.3, -0.25) is 9.69 Å². The van der Waals surface area contributed by atoms with E-state index in [0.29, 0.717) is 16.1 Å². The lowest BCUT2D eigenvalue weighted by molar-refractivity contribution is 0.102. The van der Waals surface area contributed by atoms with Crippen LogP contribution in [0.4, 0.5) is 5.69 Å². The first-order chi connectivity index (χ1) is 17.6. The number of carbonyl (C=O) groups excluding carboxylic acids is 1. The van der Waals surface area contributed by atoms with Crippen molar-refractivity contribution in [2.24, 2.45) is 0 Å². The molecule has 0 saturated carbocycles. The van der Waals surface area contributed by atoms with Crippen LogP contribution in [-0.4, -0.2) is 54.8 Å². The van der Waals surface area contributed by atoms with Gasteiger partial charge >= 0.3 is 0 Å². The van der Waals surface area contributed by atoms with Crippen molar-refractivity contribution in [2.75, 3.05) is 44.7 Å². The van der Waals surface area contributed by atoms with Gasteiger partial charge in [-0.15, -0.1) is 0 Å². The third-order valence-corrected chi connectivity index (χ3v) is 7.07. The topological polar surface area (TPSA) is 90.9 Å². The van der Waals surface area contributed by atoms with Crippen LogP contribution in [0.25, 0.3) is 0 Å². The van der Waals surface area contributed by atoms with Crippen LogP contribution in [0.1, 0.15) is 27.0 Å². The smallest absolute Gasteiger partial charge is 0.255 e. The summed E-state index contributed by atoms with van der Waals surface area (Å²) in [6.07, 6.45) is 2.05. The minimum atomic E-state index is -2.36. The summed E-state index contributed by atoms with van der Waals surface area (Å²) in [5.41, 5.74) is 5.28. The molecule has 1 atom stereocenters. The third kappa shape index (κ3) is 7.81. The zero-order valence-electron chi connectivity index (χ0n) is 20.4. The van der Waals surface area contributed by atoms with Crippen LogP contribution in [0.2, 0.25) is 0 Å². The average molecular weight is 509 g/mol. The zero-order chi connectivity index (χ0) is 25.2. The molecule has 190 valence electrons. The van der Waals surface area contributed by atoms with Crippen LogP contribution in [0.15, 0.2) is 77.7 Å². The molecule has 3 N–H and O–H groups in total. The molecule has 2 aliphatic rings. The maximum absolute atomic E-state index is 12.4. The van der Waals surface area contributed by atoms with Crippen molar-refractivity contribution in [3.63, 3.8) is 0 Å². The van der Waals surface area contributed by atoms with Gasteiger partial charge in [0.25, 0.3) is 5.91 Å². The Labute approximate surface area is 215 Å². The van der Waals surface area contributed by atoms with E-state index in [2.05, 4.69) is 39.8 Å². The van der Waals surface area contributed by atoms with Gasteiger partial charge in [0, 0.05) is 44.0 Å². The van der Waals surface area contributed by atoms with Crippen LogP contribution in [-0.2, 0) is 39.4 Å². The number of nitrogens with one attached hydrogen (secondary N) is 2. The largest absolute Gasteiger partial charge is 0.379 e. The maximum atomic E-state index is 12.4. The Morgan fingerprint density at radius 3 is 2.28 bits per heavy atom. The maximum Gasteiger partial charge on any atom is 0.255 e. The van der Waals surface area contributed by atoms with E-state index in [0.717, 1.165) is 58.8 Å². The highest BCUT2D eigenvalue weighted by Gasteiger charge is 2.15. The number of hydrogen-bond donors (Lipinski definition) is 3. The molecular weight excluding hydrogens is 474 g/mol. The van der Waals surface area contributed by atoms with Crippen LogP contribution >= 0.6 is 0 Å². The first kappa shape index (κ1) is 26.2. The number of hydrogen-bond acceptors (Lipinski definition) is 5. The Morgan fingerprint density at radius 2 is 1.67 bits per heavy atom. The van der Waals surface area contributed by atoms with E-state index in [-0.39, 0.29) is 5.91 Å². The number of morpholine rings is 1. The van der Waals surface area contributed by atoms with Crippen molar-refractivity contribution in [1.82, 2.24) is 10.2 Å². The number of rotatable bonds is 6. The van der Waals surface area contributed by atoms with Crippen LogP contribution < -0.4 is 10.6 Å². The second-order valence-corrected chi connectivity index (χ2v) is 9.94. The lowest BCUT2D eigenvalue weighted by Gasteiger charge is -2.28. The first-order valence-electron chi connectivity index (χ1n) is 12.3. The molecule has 2 heterocycles. The fourth-order valence-corrected chi connectivity index (χ4v) is 4.65. The summed E-state index contributed by atoms with van der Waals surface area (Å²) < 4.78 is 25.2. The standard InChI is InChI=1S/C24H24N2O3S.C4H9NO/c27-24(25-22-9-11-23(12-10-22)30(28)29)20-7-5-18(6-8-20)13-15-26-16-14-19-3-1-2-4-21(19)17-26;1-3-6-4-2-5-1/h1-12H,13-17H2,(H,25,27)(H,28,29);5H,1-4H2/p+1. The van der Waals surface area contributed by atoms with Crippen molar-refractivity contribution < 1.29 is 18.3 Å². The molecule has 36 heavy (non-hydrogen) atoms. The van der Waals surface area contributed by atoms with E-state index in [1.165, 1.54) is 28.8 Å². The van der Waals surface area contributed by atoms with Gasteiger partial charge in [-0.25, -0.2) is 0 Å². The number of carbonyl (C=O) groups is 1. The highest BCUT2D eigenvalue weighted by atomic mass is 32.2. The second-order valence-electron chi connectivity index (χ2n) is 8.88. The van der Waals surface area contributed by atoms with Gasteiger partial charge in [0.2, 0.25) is 11.1 Å². The Hall–Kier alpha value is -2.88. The van der Waals surface area contributed by atoms with Crippen molar-refractivity contribution in [3.8, 4) is 0 Å². The van der Waals surface area contributed by atoms with Gasteiger partial charge in [0.1, 0.15) is 0 Å². The lowest BCUT2D eigenvalue weighted by atomic mass is 9.99. The number of fused-ring (bicyclic) bond motifs is 1. The van der Waals surface area contributed by atoms with E-state index < -0.39 is 11.1 Å². The summed E-state index contributed by atoms with van der Waals surface area (Å²) in [6.45, 7) is 6.92. The third-order valence-electron chi connectivity index (χ3n) is 6.33. The molecule has 7 nitrogen and oxygen atoms in total. The van der Waals surface area contributed by atoms with E-state index in [1.54, 1.807) is 12.1 Å². The molecule has 1 saturated heterocycles. The summed E-state index contributed by atoms with van der Waals surface area (Å²) in [6, 6.07) is 22.7. The normalized spacial score (nSPS) is 16.2. The summed E-state index contributed by atoms with van der Waals surface area (Å²) in [5, 5.41) is 5.97. The van der Waals surface area contributed by atoms with E-state index in [4.69, 9.17) is 9.29 Å². The molecule has 1 amide bonds. The summed E-state index contributed by atoms with van der Waals surface area (Å²) >= 11 is -2.36. The predicted octanol–water partition coefficient (Wildman–Crippen LogP) is 3.67. The van der Waals surface area contributed by atoms with Gasteiger partial charge in [-0.05, 0) is 65.9 Å². The molecule has 3 aromatic carbocycles. The molecule has 8 heteroatoms. The number of anilines is 1. The molecule has 0 aliphatic carbocycles. The highest BCUT2D eigenvalue weighted by Crippen LogP contribution is 2.19. The number of nitrogens with zero attached hydrogens (tertiary/aromatic N) is 1. The quantitative estimate of drug-likeness (QED) is 0.348. The van der Waals surface area contributed by atoms with Crippen LogP contribution in [0.5, 0.6) is 0 Å². The molecule has 1 unspecified atom stereocenters. The van der Waals surface area contributed by atoms with Crippen LogP contribution in [0.3, 0.4) is 0 Å². The minimum Gasteiger partial charge on any atom is -0.379 e. The number of benzene rings is 3. The molecular formula is C28H34N3O4S+. The summed E-state index contributed by atoms with van der Waals surface area (Å²) in [7, 11) is 0. The number of thiol groups is 1. The molecule has 0 aromatic heterocycles. The monoisotopic (exact) mass is 508 g/mol. The molecule has 0 bridgehead atoms. The summed E-state index contributed by atoms with van der Waals surface area (Å²) in [5.74, 6) is -0.199. The first-order valence-corrected chi connectivity index (χ1v) is 13.5. The number of amides is 1. The molecule has 5 rings (SSSR count). The van der Waals surface area contributed by atoms with Crippen molar-refractivity contribution in [2.45, 2.75) is 24.3 Å². The van der Waals surface area contributed by atoms with Crippen molar-refractivity contribution >= 4 is 22.7 Å². The SMILES string of the molecule is C1COCCN1.O=C(Nc1ccc([SH+](=O)O)cc1)c1ccc(CCN2CCc3ccccc3C2)cc1. The van der Waals surface area contributed by atoms with Gasteiger partial charge in [-0.1, -0.05) is 40.6 Å². The molecule has 0 spiro atoms. The van der Waals surface area contributed by atoms with Gasteiger partial charge in [-0.2, -0.15) is 4.55 Å². The van der Waals surface area contributed by atoms with Crippen LogP contribution in [0, 0.1) is 0 Å². The fraction of sp³-hybridized carbons (Fsp3) is 0.321. The zero-order valence-corrected chi connectivity index (χ0v) is 21.3.